The van der Waals surface area contributed by atoms with Crippen molar-refractivity contribution in [1.29, 1.82) is 0 Å². The molecule has 1 fully saturated rings. The first-order valence-electron chi connectivity index (χ1n) is 8.95. The van der Waals surface area contributed by atoms with Gasteiger partial charge in [-0.25, -0.2) is 4.79 Å². The van der Waals surface area contributed by atoms with Crippen molar-refractivity contribution in [2.24, 2.45) is 0 Å². The fraction of sp³-hybridized carbons (Fsp3) is 0.389. The van der Waals surface area contributed by atoms with Crippen LogP contribution < -0.4 is 10.6 Å². The summed E-state index contributed by atoms with van der Waals surface area (Å²) in [5.74, 6) is -0.850. The Morgan fingerprint density at radius 1 is 1.07 bits per heavy atom. The van der Waals surface area contributed by atoms with Gasteiger partial charge >= 0.3 is 12.2 Å². The molecule has 2 aromatic rings. The van der Waals surface area contributed by atoms with E-state index in [9.17, 15) is 27.6 Å². The molecule has 1 aliphatic heterocycles. The van der Waals surface area contributed by atoms with Gasteiger partial charge in [0.15, 0.2) is 0 Å². The van der Waals surface area contributed by atoms with Crippen LogP contribution in [0.4, 0.5) is 18.0 Å². The lowest BCUT2D eigenvalue weighted by atomic mass is 10.2. The number of carbonyl (C=O) groups is 3. The zero-order chi connectivity index (χ0) is 21.0. The molecule has 1 aliphatic rings. The van der Waals surface area contributed by atoms with Gasteiger partial charge in [-0.15, -0.1) is 0 Å². The van der Waals surface area contributed by atoms with E-state index in [1.807, 2.05) is 29.6 Å². The van der Waals surface area contributed by atoms with Gasteiger partial charge in [0.2, 0.25) is 5.91 Å². The summed E-state index contributed by atoms with van der Waals surface area (Å²) in [7, 11) is 0. The van der Waals surface area contributed by atoms with Gasteiger partial charge in [0.05, 0.1) is 6.54 Å². The first kappa shape index (κ1) is 20.6. The highest BCUT2D eigenvalue weighted by atomic mass is 19.4. The number of hydrogen-bond acceptors (Lipinski definition) is 4. The number of aromatic amines is 1. The summed E-state index contributed by atoms with van der Waals surface area (Å²) < 4.78 is 36.1. The maximum Gasteiger partial charge on any atom is 0.405 e. The van der Waals surface area contributed by atoms with Gasteiger partial charge in [0.1, 0.15) is 12.2 Å². The topological polar surface area (TPSA) is 97.5 Å². The number of nitrogens with one attached hydrogen (secondary N) is 3. The molecule has 0 unspecified atom stereocenters. The van der Waals surface area contributed by atoms with Crippen LogP contribution in [0, 0.1) is 0 Å². The number of hydrogen-bond donors (Lipinski definition) is 3. The molecule has 0 atom stereocenters. The monoisotopic (exact) mass is 411 g/mol. The van der Waals surface area contributed by atoms with Gasteiger partial charge in [0.25, 0.3) is 5.91 Å². The number of piperazine rings is 1. The number of aromatic nitrogens is 1. The lowest BCUT2D eigenvalue weighted by Gasteiger charge is -2.34. The van der Waals surface area contributed by atoms with E-state index in [-0.39, 0.29) is 12.5 Å². The van der Waals surface area contributed by atoms with Crippen LogP contribution in [0.1, 0.15) is 10.5 Å². The first-order valence-corrected chi connectivity index (χ1v) is 8.95. The summed E-state index contributed by atoms with van der Waals surface area (Å²) in [5.41, 5.74) is 1.36. The third-order valence-electron chi connectivity index (χ3n) is 4.49. The molecule has 2 heterocycles. The molecule has 3 N–H and O–H groups in total. The molecule has 0 bridgehead atoms. The molecule has 1 aromatic carbocycles. The van der Waals surface area contributed by atoms with Crippen molar-refractivity contribution in [3.63, 3.8) is 0 Å². The number of carbonyl (C=O) groups excluding carboxylic acids is 3. The standard InChI is InChI=1S/C18H20F3N5O3/c19-18(20,21)11-22-17(29)24-15(27)10-25-5-7-26(8-6-25)16(28)14-9-12-3-1-2-4-13(12)23-14/h1-4,9,23H,5-8,10-11H2,(H2,22,24,27,29). The number of nitrogens with zero attached hydrogens (tertiary/aromatic N) is 2. The highest BCUT2D eigenvalue weighted by Gasteiger charge is 2.28. The lowest BCUT2D eigenvalue weighted by molar-refractivity contribution is -0.125. The van der Waals surface area contributed by atoms with Crippen molar-refractivity contribution < 1.29 is 27.6 Å². The minimum Gasteiger partial charge on any atom is -0.351 e. The second-order valence-electron chi connectivity index (χ2n) is 6.68. The summed E-state index contributed by atoms with van der Waals surface area (Å²) >= 11 is 0. The number of para-hydroxylation sites is 1. The third kappa shape index (κ3) is 5.70. The largest absolute Gasteiger partial charge is 0.405 e. The van der Waals surface area contributed by atoms with Crippen molar-refractivity contribution in [2.45, 2.75) is 6.18 Å². The Hall–Kier alpha value is -3.08. The van der Waals surface area contributed by atoms with Crippen LogP contribution in [0.5, 0.6) is 0 Å². The van der Waals surface area contributed by atoms with Crippen LogP contribution in [0.25, 0.3) is 10.9 Å². The number of fused-ring (bicyclic) bond motifs is 1. The fourth-order valence-corrected chi connectivity index (χ4v) is 3.06. The van der Waals surface area contributed by atoms with Crippen molar-refractivity contribution in [3.05, 3.63) is 36.0 Å². The Morgan fingerprint density at radius 2 is 1.76 bits per heavy atom. The normalized spacial score (nSPS) is 15.3. The van der Waals surface area contributed by atoms with E-state index >= 15 is 0 Å². The summed E-state index contributed by atoms with van der Waals surface area (Å²) in [6, 6.07) is 8.15. The molecule has 11 heteroatoms. The van der Waals surface area contributed by atoms with Crippen LogP contribution in [0.15, 0.2) is 30.3 Å². The molecular weight excluding hydrogens is 391 g/mol. The van der Waals surface area contributed by atoms with E-state index in [1.54, 1.807) is 21.2 Å². The molecule has 29 heavy (non-hydrogen) atoms. The number of amides is 4. The number of H-pyrrole nitrogens is 1. The summed E-state index contributed by atoms with van der Waals surface area (Å²) in [5, 5.41) is 4.37. The average Bonchev–Trinajstić information content (AvgIpc) is 3.10. The molecule has 1 aromatic heterocycles. The van der Waals surface area contributed by atoms with Crippen molar-refractivity contribution in [1.82, 2.24) is 25.4 Å². The van der Waals surface area contributed by atoms with Gasteiger partial charge in [-0.2, -0.15) is 13.2 Å². The Kier molecular flexibility index (Phi) is 6.06. The maximum atomic E-state index is 12.6. The van der Waals surface area contributed by atoms with Crippen LogP contribution >= 0.6 is 0 Å². The lowest BCUT2D eigenvalue weighted by Crippen LogP contribution is -2.52. The zero-order valence-corrected chi connectivity index (χ0v) is 15.4. The average molecular weight is 411 g/mol. The van der Waals surface area contributed by atoms with E-state index in [4.69, 9.17) is 0 Å². The Bertz CT molecular complexity index is 871. The predicted octanol–water partition coefficient (Wildman–Crippen LogP) is 1.31. The predicted molar refractivity (Wildman–Crippen MR) is 98.2 cm³/mol. The number of rotatable bonds is 4. The first-order chi connectivity index (χ1) is 13.7. The molecule has 0 aliphatic carbocycles. The molecule has 3 rings (SSSR count). The maximum absolute atomic E-state index is 12.6. The van der Waals surface area contributed by atoms with Crippen molar-refractivity contribution >= 4 is 28.7 Å². The molecule has 0 radical (unpaired) electrons. The van der Waals surface area contributed by atoms with E-state index in [1.165, 1.54) is 0 Å². The van der Waals surface area contributed by atoms with E-state index in [2.05, 4.69) is 4.98 Å². The van der Waals surface area contributed by atoms with E-state index < -0.39 is 24.7 Å². The van der Waals surface area contributed by atoms with E-state index in [0.717, 1.165) is 10.9 Å². The highest BCUT2D eigenvalue weighted by Crippen LogP contribution is 2.17. The van der Waals surface area contributed by atoms with E-state index in [0.29, 0.717) is 31.9 Å². The molecule has 4 amide bonds. The molecule has 1 saturated heterocycles. The number of urea groups is 1. The Balaban J connectivity index is 1.44. The highest BCUT2D eigenvalue weighted by molar-refractivity contribution is 5.98. The number of benzene rings is 1. The van der Waals surface area contributed by atoms with Gasteiger partial charge in [-0.05, 0) is 12.1 Å². The molecule has 8 nitrogen and oxygen atoms in total. The van der Waals surface area contributed by atoms with Crippen LogP contribution in [-0.2, 0) is 4.79 Å². The van der Waals surface area contributed by atoms with Crippen LogP contribution in [0.2, 0.25) is 0 Å². The SMILES string of the molecule is O=C(CN1CCN(C(=O)c2cc3ccccc3[nH]2)CC1)NC(=O)NCC(F)(F)F. The second kappa shape index (κ2) is 8.52. The Labute approximate surface area is 164 Å². The zero-order valence-electron chi connectivity index (χ0n) is 15.4. The minimum absolute atomic E-state index is 0.142. The molecule has 0 spiro atoms. The van der Waals surface area contributed by atoms with Gasteiger partial charge in [-0.3, -0.25) is 19.8 Å². The summed E-state index contributed by atoms with van der Waals surface area (Å²) in [6.07, 6.45) is -4.55. The Morgan fingerprint density at radius 3 is 2.41 bits per heavy atom. The van der Waals surface area contributed by atoms with Crippen LogP contribution in [-0.4, -0.2) is 78.1 Å². The van der Waals surface area contributed by atoms with Crippen molar-refractivity contribution in [3.8, 4) is 0 Å². The molecular formula is C18H20F3N5O3. The van der Waals surface area contributed by atoms with Gasteiger partial charge < -0.3 is 15.2 Å². The number of halogens is 3. The number of alkyl halides is 3. The summed E-state index contributed by atoms with van der Waals surface area (Å²) in [6.45, 7) is -0.0644. The quantitative estimate of drug-likeness (QED) is 0.707. The van der Waals surface area contributed by atoms with Gasteiger partial charge in [-0.1, -0.05) is 18.2 Å². The second-order valence-corrected chi connectivity index (χ2v) is 6.68. The van der Waals surface area contributed by atoms with Crippen LogP contribution in [0.3, 0.4) is 0 Å². The number of imide groups is 1. The third-order valence-corrected chi connectivity index (χ3v) is 4.49. The van der Waals surface area contributed by atoms with Gasteiger partial charge in [0, 0.05) is 37.1 Å². The fourth-order valence-electron chi connectivity index (χ4n) is 3.06. The minimum atomic E-state index is -4.55. The molecule has 156 valence electrons. The summed E-state index contributed by atoms with van der Waals surface area (Å²) in [4.78, 5) is 42.2. The van der Waals surface area contributed by atoms with Crippen molar-refractivity contribution in [2.75, 3.05) is 39.3 Å². The molecule has 0 saturated carbocycles. The smallest absolute Gasteiger partial charge is 0.351 e.